The van der Waals surface area contributed by atoms with E-state index in [1.807, 2.05) is 25.8 Å². The van der Waals surface area contributed by atoms with E-state index in [9.17, 15) is 4.79 Å². The zero-order chi connectivity index (χ0) is 11.4. The first-order chi connectivity index (χ1) is 7.04. The Hall–Kier alpha value is -0.570. The van der Waals surface area contributed by atoms with Crippen LogP contribution in [-0.2, 0) is 4.79 Å². The Balaban J connectivity index is 2.63. The molecule has 0 radical (unpaired) electrons. The third-order valence-electron chi connectivity index (χ3n) is 3.51. The van der Waals surface area contributed by atoms with Crippen LogP contribution in [0.25, 0.3) is 0 Å². The zero-order valence-electron chi connectivity index (χ0n) is 10.2. The van der Waals surface area contributed by atoms with Crippen molar-refractivity contribution < 1.29 is 4.79 Å². The van der Waals surface area contributed by atoms with Gasteiger partial charge in [-0.3, -0.25) is 4.79 Å². The van der Waals surface area contributed by atoms with Crippen molar-refractivity contribution in [1.82, 2.24) is 4.90 Å². The lowest BCUT2D eigenvalue weighted by Crippen LogP contribution is -2.44. The van der Waals surface area contributed by atoms with E-state index in [0.717, 1.165) is 19.3 Å². The van der Waals surface area contributed by atoms with Gasteiger partial charge >= 0.3 is 0 Å². The highest BCUT2D eigenvalue weighted by molar-refractivity contribution is 5.79. The second kappa shape index (κ2) is 5.50. The van der Waals surface area contributed by atoms with Crippen molar-refractivity contribution >= 4 is 5.91 Å². The van der Waals surface area contributed by atoms with Crippen LogP contribution in [0.3, 0.4) is 0 Å². The van der Waals surface area contributed by atoms with Gasteiger partial charge < -0.3 is 10.6 Å². The van der Waals surface area contributed by atoms with Gasteiger partial charge in [-0.15, -0.1) is 0 Å². The van der Waals surface area contributed by atoms with E-state index < -0.39 is 0 Å². The van der Waals surface area contributed by atoms with Gasteiger partial charge in [-0.25, -0.2) is 0 Å². The molecule has 0 aromatic carbocycles. The molecule has 1 fully saturated rings. The van der Waals surface area contributed by atoms with Crippen LogP contribution in [-0.4, -0.2) is 29.9 Å². The topological polar surface area (TPSA) is 46.3 Å². The lowest BCUT2D eigenvalue weighted by Gasteiger charge is -2.29. The highest BCUT2D eigenvalue weighted by Gasteiger charge is 2.29. The van der Waals surface area contributed by atoms with E-state index in [4.69, 9.17) is 5.73 Å². The Bertz CT molecular complexity index is 216. The van der Waals surface area contributed by atoms with Gasteiger partial charge in [-0.2, -0.15) is 0 Å². The van der Waals surface area contributed by atoms with Crippen LogP contribution in [0.15, 0.2) is 0 Å². The molecule has 1 amide bonds. The summed E-state index contributed by atoms with van der Waals surface area (Å²) in [6, 6.07) is 0.342. The first-order valence-electron chi connectivity index (χ1n) is 6.06. The molecule has 2 atom stereocenters. The maximum atomic E-state index is 12.1. The Morgan fingerprint density at radius 3 is 2.47 bits per heavy atom. The molecule has 1 rings (SSSR count). The Kier molecular flexibility index (Phi) is 4.58. The third kappa shape index (κ3) is 3.20. The molecule has 3 heteroatoms. The number of carbonyl (C=O) groups excluding carboxylic acids is 1. The maximum absolute atomic E-state index is 12.1. The quantitative estimate of drug-likeness (QED) is 0.709. The van der Waals surface area contributed by atoms with Crippen LogP contribution in [0.2, 0.25) is 0 Å². The SMILES string of the molecule is CC(C)N(C)C(=O)C1CCCCCC1N. The predicted molar refractivity (Wildman–Crippen MR) is 62.5 cm³/mol. The summed E-state index contributed by atoms with van der Waals surface area (Å²) in [6.07, 6.45) is 5.52. The summed E-state index contributed by atoms with van der Waals surface area (Å²) in [6.45, 7) is 4.08. The summed E-state index contributed by atoms with van der Waals surface area (Å²) in [5.74, 6) is 0.291. The van der Waals surface area contributed by atoms with Crippen molar-refractivity contribution in [2.75, 3.05) is 7.05 Å². The molecule has 0 aliphatic heterocycles. The van der Waals surface area contributed by atoms with Crippen molar-refractivity contribution in [2.45, 2.75) is 58.0 Å². The summed E-state index contributed by atoms with van der Waals surface area (Å²) in [5, 5.41) is 0. The molecule has 0 heterocycles. The lowest BCUT2D eigenvalue weighted by atomic mass is 9.94. The standard InChI is InChI=1S/C12H24N2O/c1-9(2)14(3)12(15)10-7-5-4-6-8-11(10)13/h9-11H,4-8,13H2,1-3H3. The molecule has 0 aromatic rings. The fourth-order valence-corrected chi connectivity index (χ4v) is 2.16. The number of hydrogen-bond acceptors (Lipinski definition) is 2. The number of rotatable bonds is 2. The van der Waals surface area contributed by atoms with E-state index in [1.165, 1.54) is 12.8 Å². The predicted octanol–water partition coefficient (Wildman–Crippen LogP) is 1.76. The van der Waals surface area contributed by atoms with Crippen molar-refractivity contribution in [2.24, 2.45) is 11.7 Å². The fourth-order valence-electron chi connectivity index (χ4n) is 2.16. The number of amides is 1. The zero-order valence-corrected chi connectivity index (χ0v) is 10.2. The van der Waals surface area contributed by atoms with E-state index in [-0.39, 0.29) is 23.9 Å². The van der Waals surface area contributed by atoms with E-state index in [0.29, 0.717) is 0 Å². The highest BCUT2D eigenvalue weighted by atomic mass is 16.2. The molecule has 1 saturated carbocycles. The largest absolute Gasteiger partial charge is 0.343 e. The molecule has 0 spiro atoms. The van der Waals surface area contributed by atoms with Crippen LogP contribution >= 0.6 is 0 Å². The first kappa shape index (κ1) is 12.5. The molecule has 3 nitrogen and oxygen atoms in total. The monoisotopic (exact) mass is 212 g/mol. The van der Waals surface area contributed by atoms with Gasteiger partial charge in [0.25, 0.3) is 0 Å². The average Bonchev–Trinajstić information content (AvgIpc) is 2.40. The molecule has 0 aromatic heterocycles. The van der Waals surface area contributed by atoms with Crippen molar-refractivity contribution in [3.63, 3.8) is 0 Å². The van der Waals surface area contributed by atoms with Crippen molar-refractivity contribution in [3.05, 3.63) is 0 Å². The lowest BCUT2D eigenvalue weighted by molar-refractivity contribution is -0.136. The van der Waals surface area contributed by atoms with Crippen LogP contribution < -0.4 is 5.73 Å². The van der Waals surface area contributed by atoms with Crippen LogP contribution in [0.4, 0.5) is 0 Å². The van der Waals surface area contributed by atoms with Crippen LogP contribution in [0, 0.1) is 5.92 Å². The number of carbonyl (C=O) groups is 1. The molecular weight excluding hydrogens is 188 g/mol. The minimum Gasteiger partial charge on any atom is -0.343 e. The van der Waals surface area contributed by atoms with Gasteiger partial charge in [-0.1, -0.05) is 19.3 Å². The third-order valence-corrected chi connectivity index (χ3v) is 3.51. The molecule has 88 valence electrons. The van der Waals surface area contributed by atoms with Crippen LogP contribution in [0.5, 0.6) is 0 Å². The van der Waals surface area contributed by atoms with Gasteiger partial charge in [0, 0.05) is 19.1 Å². The number of nitrogens with two attached hydrogens (primary N) is 1. The Labute approximate surface area is 93.0 Å². The molecule has 15 heavy (non-hydrogen) atoms. The Morgan fingerprint density at radius 1 is 1.27 bits per heavy atom. The summed E-state index contributed by atoms with van der Waals surface area (Å²) in [5.41, 5.74) is 6.07. The summed E-state index contributed by atoms with van der Waals surface area (Å²) >= 11 is 0. The Morgan fingerprint density at radius 2 is 1.87 bits per heavy atom. The minimum atomic E-state index is 0.0555. The van der Waals surface area contributed by atoms with Crippen LogP contribution in [0.1, 0.15) is 46.0 Å². The van der Waals surface area contributed by atoms with Gasteiger partial charge in [0.05, 0.1) is 5.92 Å². The van der Waals surface area contributed by atoms with E-state index >= 15 is 0 Å². The molecule has 1 aliphatic carbocycles. The highest BCUT2D eigenvalue weighted by Crippen LogP contribution is 2.24. The van der Waals surface area contributed by atoms with Gasteiger partial charge in [-0.05, 0) is 26.7 Å². The number of nitrogens with zero attached hydrogens (tertiary/aromatic N) is 1. The summed E-state index contributed by atoms with van der Waals surface area (Å²) in [4.78, 5) is 14.0. The normalized spacial score (nSPS) is 27.5. The van der Waals surface area contributed by atoms with Crippen molar-refractivity contribution in [1.29, 1.82) is 0 Å². The minimum absolute atomic E-state index is 0.0555. The summed E-state index contributed by atoms with van der Waals surface area (Å²) < 4.78 is 0. The molecule has 0 saturated heterocycles. The molecular formula is C12H24N2O. The molecule has 2 N–H and O–H groups in total. The molecule has 0 bridgehead atoms. The average molecular weight is 212 g/mol. The number of hydrogen-bond donors (Lipinski definition) is 1. The second-order valence-corrected chi connectivity index (χ2v) is 4.95. The molecule has 2 unspecified atom stereocenters. The van der Waals surface area contributed by atoms with E-state index in [1.54, 1.807) is 0 Å². The second-order valence-electron chi connectivity index (χ2n) is 4.95. The molecule has 1 aliphatic rings. The fraction of sp³-hybridized carbons (Fsp3) is 0.917. The van der Waals surface area contributed by atoms with Gasteiger partial charge in [0.1, 0.15) is 0 Å². The first-order valence-corrected chi connectivity index (χ1v) is 6.06. The van der Waals surface area contributed by atoms with Gasteiger partial charge in [0.15, 0.2) is 0 Å². The smallest absolute Gasteiger partial charge is 0.227 e. The van der Waals surface area contributed by atoms with Gasteiger partial charge in [0.2, 0.25) is 5.91 Å². The van der Waals surface area contributed by atoms with E-state index in [2.05, 4.69) is 0 Å². The maximum Gasteiger partial charge on any atom is 0.227 e. The van der Waals surface area contributed by atoms with Crippen molar-refractivity contribution in [3.8, 4) is 0 Å². The summed E-state index contributed by atoms with van der Waals surface area (Å²) in [7, 11) is 1.88.